The van der Waals surface area contributed by atoms with Crippen LogP contribution in [0.5, 0.6) is 0 Å². The van der Waals surface area contributed by atoms with E-state index in [0.29, 0.717) is 29.5 Å². The zero-order chi connectivity index (χ0) is 21.0. The van der Waals surface area contributed by atoms with Crippen molar-refractivity contribution < 1.29 is 17.6 Å². The van der Waals surface area contributed by atoms with Crippen molar-refractivity contribution in [1.29, 1.82) is 0 Å². The van der Waals surface area contributed by atoms with E-state index in [9.17, 15) is 13.2 Å². The predicted molar refractivity (Wildman–Crippen MR) is 111 cm³/mol. The number of benzene rings is 2. The summed E-state index contributed by atoms with van der Waals surface area (Å²) >= 11 is 0. The van der Waals surface area contributed by atoms with Gasteiger partial charge in [0.2, 0.25) is 17.7 Å². The lowest BCUT2D eigenvalue weighted by molar-refractivity contribution is -0.116. The summed E-state index contributed by atoms with van der Waals surface area (Å²) < 4.78 is 28.8. The highest BCUT2D eigenvalue weighted by Crippen LogP contribution is 2.22. The fourth-order valence-electron chi connectivity index (χ4n) is 2.86. The van der Waals surface area contributed by atoms with Gasteiger partial charge in [-0.2, -0.15) is 0 Å². The van der Waals surface area contributed by atoms with Gasteiger partial charge in [0.05, 0.1) is 5.75 Å². The summed E-state index contributed by atoms with van der Waals surface area (Å²) in [6, 6.07) is 13.0. The van der Waals surface area contributed by atoms with Crippen molar-refractivity contribution in [3.05, 3.63) is 65.0 Å². The second kappa shape index (κ2) is 8.57. The molecule has 0 unspecified atom stereocenters. The molecule has 3 aromatic rings. The first-order valence-electron chi connectivity index (χ1n) is 9.17. The first-order chi connectivity index (χ1) is 13.7. The van der Waals surface area contributed by atoms with Gasteiger partial charge in [0, 0.05) is 30.3 Å². The number of anilines is 1. The van der Waals surface area contributed by atoms with E-state index in [1.54, 1.807) is 25.1 Å². The molecule has 2 aromatic carbocycles. The van der Waals surface area contributed by atoms with Crippen LogP contribution in [-0.2, 0) is 26.8 Å². The third kappa shape index (κ3) is 5.74. The Morgan fingerprint density at radius 3 is 2.48 bits per heavy atom. The van der Waals surface area contributed by atoms with Crippen LogP contribution in [0.25, 0.3) is 11.5 Å². The molecule has 0 saturated carbocycles. The van der Waals surface area contributed by atoms with E-state index < -0.39 is 9.84 Å². The Labute approximate surface area is 170 Å². The Bertz CT molecular complexity index is 1120. The summed E-state index contributed by atoms with van der Waals surface area (Å²) in [5, 5.41) is 10.9. The summed E-state index contributed by atoms with van der Waals surface area (Å²) in [5.41, 5.74) is 3.98. The highest BCUT2D eigenvalue weighted by atomic mass is 32.2. The van der Waals surface area contributed by atoms with E-state index in [-0.39, 0.29) is 18.1 Å². The maximum Gasteiger partial charge on any atom is 0.247 e. The van der Waals surface area contributed by atoms with Gasteiger partial charge in [0.1, 0.15) is 0 Å². The number of nitrogens with one attached hydrogen (secondary N) is 1. The third-order valence-electron chi connectivity index (χ3n) is 4.47. The van der Waals surface area contributed by atoms with Gasteiger partial charge in [0.25, 0.3) is 0 Å². The summed E-state index contributed by atoms with van der Waals surface area (Å²) in [6.07, 6.45) is 1.67. The zero-order valence-electron chi connectivity index (χ0n) is 16.6. The van der Waals surface area contributed by atoms with Crippen LogP contribution in [0.2, 0.25) is 0 Å². The number of carbonyl (C=O) groups excluding carboxylic acids is 1. The number of amides is 1. The van der Waals surface area contributed by atoms with E-state index in [1.165, 1.54) is 6.26 Å². The number of hydrogen-bond acceptors (Lipinski definition) is 6. The maximum absolute atomic E-state index is 12.3. The molecule has 0 aliphatic heterocycles. The second-order valence-corrected chi connectivity index (χ2v) is 9.22. The summed E-state index contributed by atoms with van der Waals surface area (Å²) in [7, 11) is -3.15. The lowest BCUT2D eigenvalue weighted by Gasteiger charge is -2.11. The number of aryl methyl sites for hydroxylation is 2. The Morgan fingerprint density at radius 1 is 1.07 bits per heavy atom. The Hall–Kier alpha value is -3.00. The van der Waals surface area contributed by atoms with Crippen LogP contribution in [0, 0.1) is 13.8 Å². The van der Waals surface area contributed by atoms with Crippen LogP contribution in [0.4, 0.5) is 5.69 Å². The van der Waals surface area contributed by atoms with Crippen LogP contribution in [-0.4, -0.2) is 30.8 Å². The molecule has 1 N–H and O–H groups in total. The zero-order valence-corrected chi connectivity index (χ0v) is 17.4. The van der Waals surface area contributed by atoms with Crippen molar-refractivity contribution in [2.45, 2.75) is 32.4 Å². The fourth-order valence-corrected chi connectivity index (χ4v) is 3.74. The highest BCUT2D eigenvalue weighted by Gasteiger charge is 2.13. The molecule has 1 amide bonds. The fraction of sp³-hybridized carbons (Fsp3) is 0.286. The number of hydrogen-bond donors (Lipinski definition) is 1. The van der Waals surface area contributed by atoms with E-state index >= 15 is 0 Å². The average Bonchev–Trinajstić information content (AvgIpc) is 3.12. The number of sulfone groups is 1. The van der Waals surface area contributed by atoms with Crippen molar-refractivity contribution in [2.75, 3.05) is 11.6 Å². The van der Waals surface area contributed by atoms with Crippen molar-refractivity contribution >= 4 is 21.4 Å². The summed E-state index contributed by atoms with van der Waals surface area (Å²) in [5.74, 6) is 0.537. The lowest BCUT2D eigenvalue weighted by Crippen LogP contribution is -2.14. The highest BCUT2D eigenvalue weighted by molar-refractivity contribution is 7.89. The third-order valence-corrected chi connectivity index (χ3v) is 5.30. The molecule has 29 heavy (non-hydrogen) atoms. The van der Waals surface area contributed by atoms with Gasteiger partial charge in [-0.3, -0.25) is 4.79 Å². The molecule has 0 fully saturated rings. The lowest BCUT2D eigenvalue weighted by atomic mass is 10.1. The minimum atomic E-state index is -3.15. The first-order valence-corrected chi connectivity index (χ1v) is 11.2. The molecule has 0 atom stereocenters. The average molecular weight is 413 g/mol. The van der Waals surface area contributed by atoms with Gasteiger partial charge in [-0.1, -0.05) is 29.8 Å². The standard InChI is InChI=1S/C21H23N3O4S/c1-14-7-9-16(10-8-14)21-24-23-20(28-21)12-11-19(25)22-18-6-4-5-17(15(18)2)13-29(3,26)27/h4-10H,11-13H2,1-3H3,(H,22,25). The first kappa shape index (κ1) is 20.7. The van der Waals surface area contributed by atoms with Gasteiger partial charge in [-0.25, -0.2) is 8.42 Å². The topological polar surface area (TPSA) is 102 Å². The summed E-state index contributed by atoms with van der Waals surface area (Å²) in [6.45, 7) is 3.79. The number of aromatic nitrogens is 2. The van der Waals surface area contributed by atoms with Crippen LogP contribution in [0.1, 0.15) is 29.0 Å². The van der Waals surface area contributed by atoms with Crippen molar-refractivity contribution in [2.24, 2.45) is 0 Å². The molecule has 0 bridgehead atoms. The molecule has 0 spiro atoms. The van der Waals surface area contributed by atoms with Crippen molar-refractivity contribution in [3.8, 4) is 11.5 Å². The monoisotopic (exact) mass is 413 g/mol. The largest absolute Gasteiger partial charge is 0.421 e. The molecule has 1 heterocycles. The molecule has 0 aliphatic rings. The number of rotatable bonds is 7. The van der Waals surface area contributed by atoms with Crippen molar-refractivity contribution in [3.63, 3.8) is 0 Å². The van der Waals surface area contributed by atoms with E-state index in [1.807, 2.05) is 31.2 Å². The summed E-state index contributed by atoms with van der Waals surface area (Å²) in [4.78, 5) is 12.3. The van der Waals surface area contributed by atoms with Gasteiger partial charge >= 0.3 is 0 Å². The van der Waals surface area contributed by atoms with Crippen LogP contribution in [0.3, 0.4) is 0 Å². The second-order valence-electron chi connectivity index (χ2n) is 7.07. The Balaban J connectivity index is 1.61. The van der Waals surface area contributed by atoms with E-state index in [0.717, 1.165) is 16.7 Å². The Morgan fingerprint density at radius 2 is 1.79 bits per heavy atom. The maximum atomic E-state index is 12.3. The molecule has 0 aliphatic carbocycles. The molecule has 0 radical (unpaired) electrons. The molecule has 0 saturated heterocycles. The van der Waals surface area contributed by atoms with Gasteiger partial charge in [-0.05, 0) is 43.2 Å². The molecular weight excluding hydrogens is 390 g/mol. The van der Waals surface area contributed by atoms with Crippen LogP contribution in [0.15, 0.2) is 46.9 Å². The molecule has 3 rings (SSSR count). The van der Waals surface area contributed by atoms with Crippen molar-refractivity contribution in [1.82, 2.24) is 10.2 Å². The molecular formula is C21H23N3O4S. The Kier molecular flexibility index (Phi) is 6.12. The van der Waals surface area contributed by atoms with E-state index in [2.05, 4.69) is 15.5 Å². The number of carbonyl (C=O) groups is 1. The molecule has 1 aromatic heterocycles. The quantitative estimate of drug-likeness (QED) is 0.636. The SMILES string of the molecule is Cc1ccc(-c2nnc(CCC(=O)Nc3cccc(CS(C)(=O)=O)c3C)o2)cc1. The minimum Gasteiger partial charge on any atom is -0.421 e. The van der Waals surface area contributed by atoms with E-state index in [4.69, 9.17) is 4.42 Å². The van der Waals surface area contributed by atoms with Gasteiger partial charge in [-0.15, -0.1) is 10.2 Å². The van der Waals surface area contributed by atoms with Crippen LogP contribution >= 0.6 is 0 Å². The molecule has 7 nitrogen and oxygen atoms in total. The number of nitrogens with zero attached hydrogens (tertiary/aromatic N) is 2. The minimum absolute atomic E-state index is 0.0632. The smallest absolute Gasteiger partial charge is 0.247 e. The van der Waals surface area contributed by atoms with Crippen LogP contribution < -0.4 is 5.32 Å². The predicted octanol–water partition coefficient (Wildman–Crippen LogP) is 3.47. The van der Waals surface area contributed by atoms with Gasteiger partial charge in [0.15, 0.2) is 9.84 Å². The molecule has 8 heteroatoms. The normalized spacial score (nSPS) is 11.4. The van der Waals surface area contributed by atoms with Gasteiger partial charge < -0.3 is 9.73 Å². The molecule has 152 valence electrons.